The Bertz CT molecular complexity index is 1450. The van der Waals surface area contributed by atoms with Crippen LogP contribution in [0.5, 0.6) is 0 Å². The molecule has 1 fully saturated rings. The fourth-order valence-electron chi connectivity index (χ4n) is 4.71. The second kappa shape index (κ2) is 10.6. The Kier molecular flexibility index (Phi) is 7.49. The third-order valence-electron chi connectivity index (χ3n) is 6.69. The van der Waals surface area contributed by atoms with Gasteiger partial charge in [-0.1, -0.05) is 30.3 Å². The van der Waals surface area contributed by atoms with E-state index in [9.17, 15) is 18.0 Å². The SMILES string of the molecule is O=C(c1ccccc1C(F)(F)F)N1CCC(CNc2cc(-c3ccccc3I)cc3c(Br)cnn23)CC1. The summed E-state index contributed by atoms with van der Waals surface area (Å²) < 4.78 is 44.0. The maximum atomic E-state index is 13.4. The Morgan fingerprint density at radius 2 is 1.78 bits per heavy atom. The van der Waals surface area contributed by atoms with E-state index in [4.69, 9.17) is 0 Å². The lowest BCUT2D eigenvalue weighted by Gasteiger charge is -2.33. The molecule has 1 N–H and O–H groups in total. The molecule has 0 unspecified atom stereocenters. The zero-order valence-electron chi connectivity index (χ0n) is 19.6. The van der Waals surface area contributed by atoms with Crippen molar-refractivity contribution in [3.8, 4) is 11.1 Å². The fourth-order valence-corrected chi connectivity index (χ4v) is 5.78. The highest BCUT2D eigenvalue weighted by atomic mass is 127. The number of fused-ring (bicyclic) bond motifs is 1. The van der Waals surface area contributed by atoms with Crippen molar-refractivity contribution in [1.82, 2.24) is 14.5 Å². The third kappa shape index (κ3) is 5.50. The molecule has 2 aromatic heterocycles. The first-order valence-corrected chi connectivity index (χ1v) is 13.7. The first-order chi connectivity index (χ1) is 17.7. The quantitative estimate of drug-likeness (QED) is 0.224. The second-order valence-electron chi connectivity index (χ2n) is 9.06. The average molecular weight is 683 g/mol. The van der Waals surface area contributed by atoms with Crippen molar-refractivity contribution in [1.29, 1.82) is 0 Å². The molecule has 5 nitrogen and oxygen atoms in total. The second-order valence-corrected chi connectivity index (χ2v) is 11.1. The van der Waals surface area contributed by atoms with Gasteiger partial charge in [0.05, 0.1) is 27.3 Å². The van der Waals surface area contributed by atoms with Gasteiger partial charge < -0.3 is 10.2 Å². The number of piperidine rings is 1. The van der Waals surface area contributed by atoms with E-state index in [1.54, 1.807) is 6.20 Å². The van der Waals surface area contributed by atoms with E-state index in [0.717, 1.165) is 36.6 Å². The monoisotopic (exact) mass is 682 g/mol. The minimum Gasteiger partial charge on any atom is -0.370 e. The summed E-state index contributed by atoms with van der Waals surface area (Å²) in [5.41, 5.74) is 1.98. The summed E-state index contributed by atoms with van der Waals surface area (Å²) in [6, 6.07) is 17.4. The summed E-state index contributed by atoms with van der Waals surface area (Å²) in [4.78, 5) is 14.4. The number of benzene rings is 2. The van der Waals surface area contributed by atoms with Gasteiger partial charge in [0, 0.05) is 23.2 Å². The largest absolute Gasteiger partial charge is 0.417 e. The molecule has 192 valence electrons. The zero-order valence-corrected chi connectivity index (χ0v) is 23.3. The topological polar surface area (TPSA) is 49.6 Å². The molecule has 0 spiro atoms. The highest BCUT2D eigenvalue weighted by Crippen LogP contribution is 2.34. The van der Waals surface area contributed by atoms with E-state index in [0.29, 0.717) is 32.5 Å². The van der Waals surface area contributed by atoms with Crippen LogP contribution in [0.15, 0.2) is 71.3 Å². The van der Waals surface area contributed by atoms with Gasteiger partial charge in [-0.2, -0.15) is 18.3 Å². The lowest BCUT2D eigenvalue weighted by Crippen LogP contribution is -2.40. The minimum absolute atomic E-state index is 0.275. The summed E-state index contributed by atoms with van der Waals surface area (Å²) in [5, 5.41) is 8.03. The molecule has 0 atom stereocenters. The average Bonchev–Trinajstić information content (AvgIpc) is 3.27. The van der Waals surface area contributed by atoms with Crippen LogP contribution in [0.25, 0.3) is 16.6 Å². The maximum Gasteiger partial charge on any atom is 0.417 e. The molecule has 37 heavy (non-hydrogen) atoms. The van der Waals surface area contributed by atoms with E-state index >= 15 is 0 Å². The lowest BCUT2D eigenvalue weighted by atomic mass is 9.95. The number of anilines is 1. The Labute approximate surface area is 234 Å². The van der Waals surface area contributed by atoms with Crippen LogP contribution in [0, 0.1) is 9.49 Å². The van der Waals surface area contributed by atoms with E-state index in [1.165, 1.54) is 23.1 Å². The van der Waals surface area contributed by atoms with Gasteiger partial charge in [-0.05, 0) is 98.7 Å². The van der Waals surface area contributed by atoms with Crippen molar-refractivity contribution < 1.29 is 18.0 Å². The predicted octanol–water partition coefficient (Wildman–Crippen LogP) is 7.35. The van der Waals surface area contributed by atoms with E-state index in [2.05, 4.69) is 73.2 Å². The Hall–Kier alpha value is -2.60. The smallest absolute Gasteiger partial charge is 0.370 e. The standard InChI is InChI=1S/C27H23BrF3IN4O/c28-22-16-34-36-24(22)13-18(19-5-2-4-8-23(19)32)14-25(36)33-15-17-9-11-35(12-10-17)26(37)20-6-1-3-7-21(20)27(29,30)31/h1-8,13-14,16-17,33H,9-12,15H2. The van der Waals surface area contributed by atoms with Gasteiger partial charge in [-0.15, -0.1) is 0 Å². The van der Waals surface area contributed by atoms with Gasteiger partial charge in [-0.25, -0.2) is 4.52 Å². The van der Waals surface area contributed by atoms with Crippen molar-refractivity contribution in [2.75, 3.05) is 25.0 Å². The van der Waals surface area contributed by atoms with Crippen LogP contribution in [0.3, 0.4) is 0 Å². The predicted molar refractivity (Wildman–Crippen MR) is 150 cm³/mol. The molecule has 1 aliphatic heterocycles. The number of rotatable bonds is 5. The van der Waals surface area contributed by atoms with Crippen molar-refractivity contribution in [2.24, 2.45) is 5.92 Å². The number of carbonyl (C=O) groups is 1. The molecule has 3 heterocycles. The van der Waals surface area contributed by atoms with Crippen LogP contribution in [0.2, 0.25) is 0 Å². The Morgan fingerprint density at radius 3 is 2.51 bits per heavy atom. The van der Waals surface area contributed by atoms with Crippen LogP contribution < -0.4 is 5.32 Å². The van der Waals surface area contributed by atoms with Crippen LogP contribution in [0.1, 0.15) is 28.8 Å². The van der Waals surface area contributed by atoms with Gasteiger partial charge in [-0.3, -0.25) is 4.79 Å². The molecule has 10 heteroatoms. The summed E-state index contributed by atoms with van der Waals surface area (Å²) in [6.45, 7) is 1.51. The highest BCUT2D eigenvalue weighted by molar-refractivity contribution is 14.1. The first kappa shape index (κ1) is 26.0. The Balaban J connectivity index is 1.28. The molecule has 2 aromatic carbocycles. The summed E-state index contributed by atoms with van der Waals surface area (Å²) in [7, 11) is 0. The number of amides is 1. The summed E-state index contributed by atoms with van der Waals surface area (Å²) in [6.07, 6.45) is -1.39. The van der Waals surface area contributed by atoms with E-state index < -0.39 is 17.6 Å². The molecule has 5 rings (SSSR count). The number of aromatic nitrogens is 2. The molecule has 0 aliphatic carbocycles. The van der Waals surface area contributed by atoms with Gasteiger partial charge in [0.1, 0.15) is 5.82 Å². The number of nitrogens with zero attached hydrogens (tertiary/aromatic N) is 3. The van der Waals surface area contributed by atoms with Crippen molar-refractivity contribution >= 4 is 55.8 Å². The molecule has 1 amide bonds. The number of hydrogen-bond acceptors (Lipinski definition) is 3. The number of alkyl halides is 3. The molecular formula is C27H23BrF3IN4O. The molecule has 1 saturated heterocycles. The number of likely N-dealkylation sites (tertiary alicyclic amines) is 1. The summed E-state index contributed by atoms with van der Waals surface area (Å²) >= 11 is 5.92. The Morgan fingerprint density at radius 1 is 1.08 bits per heavy atom. The number of halogens is 5. The third-order valence-corrected chi connectivity index (χ3v) is 8.25. The number of carbonyl (C=O) groups excluding carboxylic acids is 1. The molecule has 0 bridgehead atoms. The number of pyridine rings is 1. The molecule has 1 aliphatic rings. The van der Waals surface area contributed by atoms with Gasteiger partial charge >= 0.3 is 6.18 Å². The fraction of sp³-hybridized carbons (Fsp3) is 0.259. The van der Waals surface area contributed by atoms with Gasteiger partial charge in [0.15, 0.2) is 0 Å². The van der Waals surface area contributed by atoms with Crippen LogP contribution in [-0.4, -0.2) is 40.1 Å². The zero-order chi connectivity index (χ0) is 26.2. The van der Waals surface area contributed by atoms with Gasteiger partial charge in [0.2, 0.25) is 0 Å². The van der Waals surface area contributed by atoms with E-state index in [1.807, 2.05) is 16.6 Å². The van der Waals surface area contributed by atoms with Crippen molar-refractivity contribution in [3.63, 3.8) is 0 Å². The minimum atomic E-state index is -4.56. The molecular weight excluding hydrogens is 660 g/mol. The van der Waals surface area contributed by atoms with E-state index in [-0.39, 0.29) is 11.5 Å². The van der Waals surface area contributed by atoms with Crippen LogP contribution in [0.4, 0.5) is 19.0 Å². The highest BCUT2D eigenvalue weighted by Gasteiger charge is 2.36. The first-order valence-electron chi connectivity index (χ1n) is 11.8. The molecule has 0 radical (unpaired) electrons. The lowest BCUT2D eigenvalue weighted by molar-refractivity contribution is -0.138. The number of hydrogen-bond donors (Lipinski definition) is 1. The summed E-state index contributed by atoms with van der Waals surface area (Å²) in [5.74, 6) is 0.569. The van der Waals surface area contributed by atoms with Crippen LogP contribution in [-0.2, 0) is 6.18 Å². The maximum absolute atomic E-state index is 13.4. The van der Waals surface area contributed by atoms with Gasteiger partial charge in [0.25, 0.3) is 5.91 Å². The van der Waals surface area contributed by atoms with Crippen LogP contribution >= 0.6 is 38.5 Å². The number of nitrogens with one attached hydrogen (secondary N) is 1. The van der Waals surface area contributed by atoms with Crippen molar-refractivity contribution in [3.05, 3.63) is 86.0 Å². The molecule has 0 saturated carbocycles. The normalized spacial score (nSPS) is 14.8. The van der Waals surface area contributed by atoms with Crippen molar-refractivity contribution in [2.45, 2.75) is 19.0 Å². The molecule has 4 aromatic rings.